The van der Waals surface area contributed by atoms with Crippen LogP contribution in [0.2, 0.25) is 0 Å². The normalized spacial score (nSPS) is 12.1. The van der Waals surface area contributed by atoms with E-state index in [2.05, 4.69) is 29.6 Å². The molecule has 1 unspecified atom stereocenters. The lowest BCUT2D eigenvalue weighted by Gasteiger charge is -2.09. The van der Waals surface area contributed by atoms with E-state index >= 15 is 0 Å². The third kappa shape index (κ3) is 7.77. The molecule has 6 N–H and O–H groups in total. The summed E-state index contributed by atoms with van der Waals surface area (Å²) in [6.45, 7) is 3.86. The molecule has 1 aromatic rings. The molecule has 1 aromatic carbocycles. The maximum absolute atomic E-state index is 10.5. The summed E-state index contributed by atoms with van der Waals surface area (Å²) in [5.74, 6) is 8.92. The van der Waals surface area contributed by atoms with Gasteiger partial charge in [0.05, 0.1) is 5.92 Å². The molecule has 0 aliphatic carbocycles. The van der Waals surface area contributed by atoms with Crippen LogP contribution in [0.1, 0.15) is 25.3 Å². The molecule has 0 bridgehead atoms. The summed E-state index contributed by atoms with van der Waals surface area (Å²) in [6, 6.07) is 10.3. The van der Waals surface area contributed by atoms with Gasteiger partial charge < -0.3 is 16.4 Å². The standard InChI is InChI=1S/C7H8.C6H14N4O2/c1-7-5-3-2-4-6-7;1-2-4(6(11)12)3-5(9-7)10-8/h2-6H,1H3;4H,2-3,7-8H2,1H3,(H,9,10)(H,11,12). The largest absolute Gasteiger partial charge is 0.481 e. The Balaban J connectivity index is 0.000000388. The first-order valence-electron chi connectivity index (χ1n) is 6.02. The highest BCUT2D eigenvalue weighted by atomic mass is 16.4. The number of benzene rings is 1. The number of hydrogen-bond donors (Lipinski definition) is 4. The molecule has 0 aromatic heterocycles. The predicted octanol–water partition coefficient (Wildman–Crippen LogP) is 1.22. The second-order valence-electron chi connectivity index (χ2n) is 4.02. The Morgan fingerprint density at radius 1 is 1.42 bits per heavy atom. The number of hydrogen-bond acceptors (Lipinski definition) is 4. The number of hydrazone groups is 1. The molecule has 0 radical (unpaired) electrons. The van der Waals surface area contributed by atoms with Crippen LogP contribution in [0.5, 0.6) is 0 Å². The van der Waals surface area contributed by atoms with E-state index in [-0.39, 0.29) is 6.42 Å². The SMILES string of the molecule is CCC(C/C(=N/N)NN)C(=O)O.Cc1ccccc1. The minimum atomic E-state index is -0.867. The van der Waals surface area contributed by atoms with Gasteiger partial charge in [-0.2, -0.15) is 5.10 Å². The first-order valence-corrected chi connectivity index (χ1v) is 6.02. The number of carboxylic acids is 1. The molecule has 0 aliphatic heterocycles. The highest BCUT2D eigenvalue weighted by Crippen LogP contribution is 2.07. The third-order valence-electron chi connectivity index (χ3n) is 2.54. The second kappa shape index (κ2) is 9.90. The Morgan fingerprint density at radius 2 is 2.00 bits per heavy atom. The van der Waals surface area contributed by atoms with Gasteiger partial charge in [-0.15, -0.1) is 0 Å². The van der Waals surface area contributed by atoms with Gasteiger partial charge in [0.1, 0.15) is 5.84 Å². The second-order valence-corrected chi connectivity index (χ2v) is 4.02. The van der Waals surface area contributed by atoms with E-state index in [1.54, 1.807) is 6.92 Å². The molecule has 106 valence electrons. The van der Waals surface area contributed by atoms with Crippen molar-refractivity contribution in [2.75, 3.05) is 0 Å². The van der Waals surface area contributed by atoms with Crippen LogP contribution in [0.3, 0.4) is 0 Å². The van der Waals surface area contributed by atoms with Gasteiger partial charge in [0.15, 0.2) is 0 Å². The van der Waals surface area contributed by atoms with Gasteiger partial charge in [0, 0.05) is 6.42 Å². The number of carboxylic acid groups (broad SMARTS) is 1. The monoisotopic (exact) mass is 266 g/mol. The maximum Gasteiger partial charge on any atom is 0.306 e. The van der Waals surface area contributed by atoms with Gasteiger partial charge in [-0.25, -0.2) is 5.84 Å². The first-order chi connectivity index (χ1) is 9.04. The topological polar surface area (TPSA) is 114 Å². The number of amidine groups is 1. The van der Waals surface area contributed by atoms with E-state index in [4.69, 9.17) is 16.8 Å². The van der Waals surface area contributed by atoms with Crippen molar-refractivity contribution in [2.45, 2.75) is 26.7 Å². The molecule has 0 saturated carbocycles. The Bertz CT molecular complexity index is 393. The third-order valence-corrected chi connectivity index (χ3v) is 2.54. The van der Waals surface area contributed by atoms with E-state index in [1.807, 2.05) is 18.2 Å². The highest BCUT2D eigenvalue weighted by molar-refractivity contribution is 5.85. The van der Waals surface area contributed by atoms with E-state index in [9.17, 15) is 4.79 Å². The summed E-state index contributed by atoms with van der Waals surface area (Å²) in [5.41, 5.74) is 3.55. The summed E-state index contributed by atoms with van der Waals surface area (Å²) >= 11 is 0. The quantitative estimate of drug-likeness (QED) is 0.283. The summed E-state index contributed by atoms with van der Waals surface area (Å²) in [7, 11) is 0. The Kier molecular flexibility index (Phi) is 8.82. The van der Waals surface area contributed by atoms with Crippen molar-refractivity contribution in [3.63, 3.8) is 0 Å². The molecule has 0 heterocycles. The summed E-state index contributed by atoms with van der Waals surface area (Å²) < 4.78 is 0. The van der Waals surface area contributed by atoms with Gasteiger partial charge in [-0.1, -0.05) is 42.8 Å². The molecule has 0 saturated heterocycles. The zero-order valence-corrected chi connectivity index (χ0v) is 11.3. The number of nitrogens with two attached hydrogens (primary N) is 2. The summed E-state index contributed by atoms with van der Waals surface area (Å²) in [4.78, 5) is 10.5. The average Bonchev–Trinajstić information content (AvgIpc) is 2.41. The lowest BCUT2D eigenvalue weighted by Crippen LogP contribution is -2.34. The van der Waals surface area contributed by atoms with Crippen molar-refractivity contribution >= 4 is 11.8 Å². The molecule has 6 nitrogen and oxygen atoms in total. The van der Waals surface area contributed by atoms with E-state index in [1.165, 1.54) is 5.56 Å². The Morgan fingerprint density at radius 3 is 2.26 bits per heavy atom. The van der Waals surface area contributed by atoms with Gasteiger partial charge in [0.2, 0.25) is 0 Å². The van der Waals surface area contributed by atoms with E-state index < -0.39 is 11.9 Å². The fourth-order valence-electron chi connectivity index (χ4n) is 1.32. The fraction of sp³-hybridized carbons (Fsp3) is 0.385. The minimum absolute atomic E-state index is 0.235. The summed E-state index contributed by atoms with van der Waals surface area (Å²) in [6.07, 6.45) is 0.759. The summed E-state index contributed by atoms with van der Waals surface area (Å²) in [5, 5.41) is 11.9. The van der Waals surface area contributed by atoms with Crippen LogP contribution in [0.25, 0.3) is 0 Å². The molecule has 0 amide bonds. The molecule has 6 heteroatoms. The van der Waals surface area contributed by atoms with Crippen LogP contribution >= 0.6 is 0 Å². The molecule has 0 aliphatic rings. The minimum Gasteiger partial charge on any atom is -0.481 e. The number of carbonyl (C=O) groups is 1. The van der Waals surface area contributed by atoms with Crippen LogP contribution < -0.4 is 17.1 Å². The molecule has 1 rings (SSSR count). The average molecular weight is 266 g/mol. The molecule has 1 atom stereocenters. The van der Waals surface area contributed by atoms with Crippen LogP contribution in [-0.2, 0) is 4.79 Å². The van der Waals surface area contributed by atoms with Crippen molar-refractivity contribution in [3.8, 4) is 0 Å². The number of rotatable bonds is 4. The predicted molar refractivity (Wildman–Crippen MR) is 76.2 cm³/mol. The van der Waals surface area contributed by atoms with Gasteiger partial charge in [-0.3, -0.25) is 4.79 Å². The maximum atomic E-state index is 10.5. The van der Waals surface area contributed by atoms with Crippen LogP contribution in [0.4, 0.5) is 0 Å². The first kappa shape index (κ1) is 16.9. The van der Waals surface area contributed by atoms with Crippen molar-refractivity contribution < 1.29 is 9.90 Å². The Hall–Kier alpha value is -2.08. The van der Waals surface area contributed by atoms with Crippen molar-refractivity contribution in [1.29, 1.82) is 0 Å². The molecule has 19 heavy (non-hydrogen) atoms. The number of hydrazine groups is 1. The number of nitrogens with zero attached hydrogens (tertiary/aromatic N) is 1. The van der Waals surface area contributed by atoms with E-state index in [0.717, 1.165) is 0 Å². The zero-order chi connectivity index (χ0) is 14.7. The highest BCUT2D eigenvalue weighted by Gasteiger charge is 2.17. The van der Waals surface area contributed by atoms with Crippen LogP contribution in [0, 0.1) is 12.8 Å². The fourth-order valence-corrected chi connectivity index (χ4v) is 1.32. The van der Waals surface area contributed by atoms with E-state index in [0.29, 0.717) is 12.3 Å². The van der Waals surface area contributed by atoms with Crippen molar-refractivity contribution in [1.82, 2.24) is 5.43 Å². The number of aliphatic carboxylic acids is 1. The van der Waals surface area contributed by atoms with Gasteiger partial charge in [0.25, 0.3) is 0 Å². The number of nitrogens with one attached hydrogen (secondary N) is 1. The lowest BCUT2D eigenvalue weighted by atomic mass is 10.0. The van der Waals surface area contributed by atoms with Gasteiger partial charge >= 0.3 is 5.97 Å². The van der Waals surface area contributed by atoms with Crippen LogP contribution in [-0.4, -0.2) is 16.9 Å². The molecular formula is C13H22N4O2. The number of aryl methyl sites for hydroxylation is 1. The zero-order valence-electron chi connectivity index (χ0n) is 11.3. The Labute approximate surface area is 113 Å². The van der Waals surface area contributed by atoms with Crippen molar-refractivity contribution in [2.24, 2.45) is 22.7 Å². The van der Waals surface area contributed by atoms with Crippen LogP contribution in [0.15, 0.2) is 35.4 Å². The lowest BCUT2D eigenvalue weighted by molar-refractivity contribution is -0.141. The molecule has 0 fully saturated rings. The van der Waals surface area contributed by atoms with Crippen molar-refractivity contribution in [3.05, 3.63) is 35.9 Å². The molecule has 0 spiro atoms. The smallest absolute Gasteiger partial charge is 0.306 e. The molecular weight excluding hydrogens is 244 g/mol. The van der Waals surface area contributed by atoms with Gasteiger partial charge in [-0.05, 0) is 13.3 Å².